The highest BCUT2D eigenvalue weighted by Gasteiger charge is 2.20. The van der Waals surface area contributed by atoms with Gasteiger partial charge in [0.1, 0.15) is 11.4 Å². The molecule has 2 aromatic carbocycles. The second-order valence-electron chi connectivity index (χ2n) is 6.19. The standard InChI is InChI=1S/C19H20O4/c1-13-15(17(20)14-9-6-5-7-10-14)11-8-12-16(13)22-18(21)23-19(2,3)4/h5-12H,1-4H3. The average Bonchev–Trinajstić information content (AvgIpc) is 2.48. The third-order valence-corrected chi connectivity index (χ3v) is 3.15. The lowest BCUT2D eigenvalue weighted by Crippen LogP contribution is -2.26. The number of hydrogen-bond acceptors (Lipinski definition) is 4. The SMILES string of the molecule is Cc1c(OC(=O)OC(C)(C)C)cccc1C(=O)c1ccccc1. The molecule has 2 rings (SSSR count). The fourth-order valence-corrected chi connectivity index (χ4v) is 2.08. The van der Waals surface area contributed by atoms with Crippen molar-refractivity contribution in [2.45, 2.75) is 33.3 Å². The number of benzene rings is 2. The van der Waals surface area contributed by atoms with E-state index in [1.807, 2.05) is 18.2 Å². The zero-order valence-electron chi connectivity index (χ0n) is 13.8. The van der Waals surface area contributed by atoms with E-state index in [1.54, 1.807) is 58.0 Å². The Hall–Kier alpha value is -2.62. The van der Waals surface area contributed by atoms with Gasteiger partial charge in [-0.1, -0.05) is 42.5 Å². The normalized spacial score (nSPS) is 11.0. The Morgan fingerprint density at radius 3 is 2.17 bits per heavy atom. The molecule has 0 bridgehead atoms. The van der Waals surface area contributed by atoms with E-state index < -0.39 is 11.8 Å². The molecule has 4 heteroatoms. The van der Waals surface area contributed by atoms with Crippen molar-refractivity contribution >= 4 is 11.9 Å². The summed E-state index contributed by atoms with van der Waals surface area (Å²) in [6, 6.07) is 14.0. The first kappa shape index (κ1) is 16.7. The van der Waals surface area contributed by atoms with Crippen LogP contribution in [0.25, 0.3) is 0 Å². The molecule has 0 aliphatic heterocycles. The molecule has 0 saturated carbocycles. The maximum absolute atomic E-state index is 12.6. The van der Waals surface area contributed by atoms with Crippen LogP contribution in [0.5, 0.6) is 5.75 Å². The van der Waals surface area contributed by atoms with Gasteiger partial charge in [0.25, 0.3) is 0 Å². The Morgan fingerprint density at radius 1 is 0.913 bits per heavy atom. The molecule has 0 radical (unpaired) electrons. The van der Waals surface area contributed by atoms with Crippen molar-refractivity contribution in [3.05, 3.63) is 65.2 Å². The van der Waals surface area contributed by atoms with Crippen molar-refractivity contribution in [3.63, 3.8) is 0 Å². The van der Waals surface area contributed by atoms with E-state index >= 15 is 0 Å². The van der Waals surface area contributed by atoms with E-state index in [1.165, 1.54) is 0 Å². The fourth-order valence-electron chi connectivity index (χ4n) is 2.08. The Balaban J connectivity index is 2.25. The summed E-state index contributed by atoms with van der Waals surface area (Å²) in [6.45, 7) is 7.03. The van der Waals surface area contributed by atoms with Crippen LogP contribution in [-0.2, 0) is 4.74 Å². The van der Waals surface area contributed by atoms with E-state index in [-0.39, 0.29) is 5.78 Å². The van der Waals surface area contributed by atoms with Crippen molar-refractivity contribution < 1.29 is 19.1 Å². The lowest BCUT2D eigenvalue weighted by Gasteiger charge is -2.19. The molecule has 0 fully saturated rings. The van der Waals surface area contributed by atoms with E-state index in [4.69, 9.17) is 9.47 Å². The van der Waals surface area contributed by atoms with Gasteiger partial charge in [0.15, 0.2) is 5.78 Å². The molecule has 0 amide bonds. The first-order valence-electron chi connectivity index (χ1n) is 7.38. The molecule has 23 heavy (non-hydrogen) atoms. The number of ketones is 1. The summed E-state index contributed by atoms with van der Waals surface area (Å²) >= 11 is 0. The summed E-state index contributed by atoms with van der Waals surface area (Å²) in [7, 11) is 0. The zero-order valence-corrected chi connectivity index (χ0v) is 13.8. The van der Waals surface area contributed by atoms with Crippen molar-refractivity contribution in [2.75, 3.05) is 0 Å². The number of rotatable bonds is 3. The molecule has 0 heterocycles. The minimum Gasteiger partial charge on any atom is -0.428 e. The second-order valence-corrected chi connectivity index (χ2v) is 6.19. The first-order valence-corrected chi connectivity index (χ1v) is 7.38. The number of hydrogen-bond donors (Lipinski definition) is 0. The first-order chi connectivity index (χ1) is 10.8. The molecular weight excluding hydrogens is 292 g/mol. The molecule has 0 aliphatic rings. The molecule has 120 valence electrons. The van der Waals surface area contributed by atoms with Gasteiger partial charge in [-0.25, -0.2) is 4.79 Å². The molecule has 0 aliphatic carbocycles. The summed E-state index contributed by atoms with van der Waals surface area (Å²) in [6.07, 6.45) is -0.787. The van der Waals surface area contributed by atoms with Crippen LogP contribution in [-0.4, -0.2) is 17.5 Å². The van der Waals surface area contributed by atoms with E-state index in [0.29, 0.717) is 22.4 Å². The van der Waals surface area contributed by atoms with Crippen LogP contribution in [0.4, 0.5) is 4.79 Å². The fraction of sp³-hybridized carbons (Fsp3) is 0.263. The maximum atomic E-state index is 12.6. The third kappa shape index (κ3) is 4.42. The van der Waals surface area contributed by atoms with Gasteiger partial charge in [-0.3, -0.25) is 4.79 Å². The number of carbonyl (C=O) groups excluding carboxylic acids is 2. The summed E-state index contributed by atoms with van der Waals surface area (Å²) in [5.41, 5.74) is 1.05. The van der Waals surface area contributed by atoms with Crippen molar-refractivity contribution in [1.29, 1.82) is 0 Å². The molecule has 0 N–H and O–H groups in total. The topological polar surface area (TPSA) is 52.6 Å². The summed E-state index contributed by atoms with van der Waals surface area (Å²) in [4.78, 5) is 24.4. The largest absolute Gasteiger partial charge is 0.514 e. The predicted octanol–water partition coefficient (Wildman–Crippen LogP) is 4.54. The van der Waals surface area contributed by atoms with Crippen LogP contribution >= 0.6 is 0 Å². The van der Waals surface area contributed by atoms with E-state index in [9.17, 15) is 9.59 Å². The lowest BCUT2D eigenvalue weighted by atomic mass is 9.98. The monoisotopic (exact) mass is 312 g/mol. The molecule has 0 saturated heterocycles. The van der Waals surface area contributed by atoms with Crippen molar-refractivity contribution in [2.24, 2.45) is 0 Å². The molecule has 0 spiro atoms. The zero-order chi connectivity index (χ0) is 17.0. The van der Waals surface area contributed by atoms with E-state index in [0.717, 1.165) is 0 Å². The highest BCUT2D eigenvalue weighted by molar-refractivity contribution is 6.10. The van der Waals surface area contributed by atoms with Crippen LogP contribution in [0.2, 0.25) is 0 Å². The van der Waals surface area contributed by atoms with Crippen LogP contribution < -0.4 is 4.74 Å². The Labute approximate surface area is 136 Å². The van der Waals surface area contributed by atoms with E-state index in [2.05, 4.69) is 0 Å². The minimum absolute atomic E-state index is 0.113. The molecule has 0 unspecified atom stereocenters. The molecule has 0 aromatic heterocycles. The van der Waals surface area contributed by atoms with Gasteiger partial charge in [0, 0.05) is 16.7 Å². The van der Waals surface area contributed by atoms with Crippen LogP contribution in [0.15, 0.2) is 48.5 Å². The van der Waals surface area contributed by atoms with Gasteiger partial charge >= 0.3 is 6.16 Å². The van der Waals surface area contributed by atoms with Gasteiger partial charge < -0.3 is 9.47 Å². The third-order valence-electron chi connectivity index (χ3n) is 3.15. The van der Waals surface area contributed by atoms with Gasteiger partial charge in [0.2, 0.25) is 0 Å². The Morgan fingerprint density at radius 2 is 1.57 bits per heavy atom. The van der Waals surface area contributed by atoms with Crippen LogP contribution in [0.3, 0.4) is 0 Å². The highest BCUT2D eigenvalue weighted by atomic mass is 16.7. The molecule has 4 nitrogen and oxygen atoms in total. The smallest absolute Gasteiger partial charge is 0.428 e. The highest BCUT2D eigenvalue weighted by Crippen LogP contribution is 2.24. The van der Waals surface area contributed by atoms with Crippen molar-refractivity contribution in [1.82, 2.24) is 0 Å². The summed E-state index contributed by atoms with van der Waals surface area (Å²) in [5.74, 6) is 0.207. The predicted molar refractivity (Wildman–Crippen MR) is 87.9 cm³/mol. The minimum atomic E-state index is -0.787. The lowest BCUT2D eigenvalue weighted by molar-refractivity contribution is 0.0204. The summed E-state index contributed by atoms with van der Waals surface area (Å²) < 4.78 is 10.4. The molecule has 2 aromatic rings. The van der Waals surface area contributed by atoms with Crippen LogP contribution in [0.1, 0.15) is 42.3 Å². The average molecular weight is 312 g/mol. The summed E-state index contributed by atoms with van der Waals surface area (Å²) in [5, 5.41) is 0. The maximum Gasteiger partial charge on any atom is 0.514 e. The van der Waals surface area contributed by atoms with Gasteiger partial charge in [-0.05, 0) is 33.8 Å². The Bertz CT molecular complexity index is 712. The van der Waals surface area contributed by atoms with Gasteiger partial charge in [-0.15, -0.1) is 0 Å². The quantitative estimate of drug-likeness (QED) is 0.474. The van der Waals surface area contributed by atoms with Gasteiger partial charge in [0.05, 0.1) is 0 Å². The number of carbonyl (C=O) groups is 2. The van der Waals surface area contributed by atoms with Crippen LogP contribution in [0, 0.1) is 6.92 Å². The van der Waals surface area contributed by atoms with Gasteiger partial charge in [-0.2, -0.15) is 0 Å². The van der Waals surface area contributed by atoms with Crippen molar-refractivity contribution in [3.8, 4) is 5.75 Å². The second kappa shape index (κ2) is 6.65. The number of ether oxygens (including phenoxy) is 2. The molecular formula is C19H20O4. The molecule has 0 atom stereocenters. The Kier molecular flexibility index (Phi) is 4.84.